The molecule has 5 nitrogen and oxygen atoms in total. The zero-order chi connectivity index (χ0) is 16.2. The van der Waals surface area contributed by atoms with Crippen molar-refractivity contribution in [2.75, 3.05) is 5.73 Å². The van der Waals surface area contributed by atoms with E-state index in [0.29, 0.717) is 16.4 Å². The average Bonchev–Trinajstić information content (AvgIpc) is 3.09. The Morgan fingerprint density at radius 2 is 2.22 bits per heavy atom. The molecule has 0 amide bonds. The summed E-state index contributed by atoms with van der Waals surface area (Å²) in [7, 11) is 0. The molecule has 2 N–H and O–H groups in total. The Morgan fingerprint density at radius 3 is 2.91 bits per heavy atom. The zero-order valence-corrected chi connectivity index (χ0v) is 13.0. The van der Waals surface area contributed by atoms with Crippen LogP contribution in [0.1, 0.15) is 15.2 Å². The molecular formula is C17H14N4OS. The van der Waals surface area contributed by atoms with E-state index < -0.39 is 0 Å². The Bertz CT molecular complexity index is 834. The highest BCUT2D eigenvalue weighted by molar-refractivity contribution is 7.12. The molecule has 0 unspecified atom stereocenters. The standard InChI is InChI=1S/C17H14N4OS/c1-19-21-14(12-4-2-5-13(18)10-12)7-8-20-17(21)11-15(22)16-6-3-9-23-16/h2-11H,1,18H2/b17-11+. The van der Waals surface area contributed by atoms with E-state index in [4.69, 9.17) is 5.73 Å². The molecule has 114 valence electrons. The Labute approximate surface area is 137 Å². The van der Waals surface area contributed by atoms with Gasteiger partial charge in [0.2, 0.25) is 0 Å². The fourth-order valence-electron chi connectivity index (χ4n) is 2.20. The number of hydrazone groups is 1. The van der Waals surface area contributed by atoms with E-state index in [1.165, 1.54) is 22.4 Å². The second-order valence-corrected chi connectivity index (χ2v) is 5.70. The van der Waals surface area contributed by atoms with Gasteiger partial charge in [0, 0.05) is 30.3 Å². The minimum Gasteiger partial charge on any atom is -0.399 e. The fourth-order valence-corrected chi connectivity index (χ4v) is 2.84. The van der Waals surface area contributed by atoms with Crippen LogP contribution in [0.2, 0.25) is 0 Å². The maximum atomic E-state index is 12.3. The van der Waals surface area contributed by atoms with Crippen molar-refractivity contribution < 1.29 is 4.79 Å². The van der Waals surface area contributed by atoms with Crippen LogP contribution >= 0.6 is 11.3 Å². The summed E-state index contributed by atoms with van der Waals surface area (Å²) in [5.74, 6) is 0.299. The van der Waals surface area contributed by atoms with Gasteiger partial charge in [0.1, 0.15) is 0 Å². The van der Waals surface area contributed by atoms with Crippen LogP contribution in [-0.4, -0.2) is 23.7 Å². The Morgan fingerprint density at radius 1 is 1.35 bits per heavy atom. The topological polar surface area (TPSA) is 71.0 Å². The van der Waals surface area contributed by atoms with Gasteiger partial charge in [0.05, 0.1) is 10.6 Å². The van der Waals surface area contributed by atoms with Gasteiger partial charge >= 0.3 is 0 Å². The Balaban J connectivity index is 1.96. The molecule has 6 heteroatoms. The number of rotatable bonds is 4. The lowest BCUT2D eigenvalue weighted by atomic mass is 10.1. The van der Waals surface area contributed by atoms with Gasteiger partial charge in [-0.3, -0.25) is 4.79 Å². The molecule has 0 saturated heterocycles. The summed E-state index contributed by atoms with van der Waals surface area (Å²) in [5.41, 5.74) is 8.12. The van der Waals surface area contributed by atoms with Crippen LogP contribution in [0.25, 0.3) is 5.70 Å². The maximum absolute atomic E-state index is 12.3. The number of hydrogen-bond acceptors (Lipinski definition) is 6. The van der Waals surface area contributed by atoms with Gasteiger partial charge in [-0.1, -0.05) is 18.2 Å². The minimum absolute atomic E-state index is 0.116. The third kappa shape index (κ3) is 3.12. The molecule has 1 aromatic heterocycles. The average molecular weight is 322 g/mol. The van der Waals surface area contributed by atoms with E-state index in [9.17, 15) is 4.79 Å². The first-order valence-corrected chi connectivity index (χ1v) is 7.73. The van der Waals surface area contributed by atoms with E-state index >= 15 is 0 Å². The minimum atomic E-state index is -0.116. The quantitative estimate of drug-likeness (QED) is 0.406. The van der Waals surface area contributed by atoms with Gasteiger partial charge < -0.3 is 5.73 Å². The van der Waals surface area contributed by atoms with Crippen molar-refractivity contribution in [2.24, 2.45) is 10.1 Å². The number of hydrogen-bond donors (Lipinski definition) is 1. The number of nitrogens with zero attached hydrogens (tertiary/aromatic N) is 3. The van der Waals surface area contributed by atoms with Crippen LogP contribution in [0.3, 0.4) is 0 Å². The summed E-state index contributed by atoms with van der Waals surface area (Å²) >= 11 is 1.39. The SMILES string of the molecule is C=NN1C(c2cccc(N)c2)=CC=N/C1=C\C(=O)c1cccs1. The summed E-state index contributed by atoms with van der Waals surface area (Å²) in [4.78, 5) is 17.1. The van der Waals surface area contributed by atoms with Gasteiger partial charge in [-0.15, -0.1) is 11.3 Å². The van der Waals surface area contributed by atoms with Gasteiger partial charge in [0.15, 0.2) is 11.6 Å². The van der Waals surface area contributed by atoms with Crippen molar-refractivity contribution in [3.05, 3.63) is 70.2 Å². The number of carbonyl (C=O) groups is 1. The third-order valence-electron chi connectivity index (χ3n) is 3.23. The van der Waals surface area contributed by atoms with Crippen molar-refractivity contribution in [1.29, 1.82) is 0 Å². The van der Waals surface area contributed by atoms with Crippen molar-refractivity contribution in [3.63, 3.8) is 0 Å². The highest BCUT2D eigenvalue weighted by atomic mass is 32.1. The Hall–Kier alpha value is -2.99. The van der Waals surface area contributed by atoms with E-state index in [-0.39, 0.29) is 5.78 Å². The van der Waals surface area contributed by atoms with Crippen LogP contribution < -0.4 is 5.73 Å². The molecule has 23 heavy (non-hydrogen) atoms. The molecule has 0 aliphatic carbocycles. The second-order valence-electron chi connectivity index (χ2n) is 4.75. The van der Waals surface area contributed by atoms with Gasteiger partial charge in [-0.05, 0) is 29.7 Å². The lowest BCUT2D eigenvalue weighted by molar-refractivity contribution is 0.104. The summed E-state index contributed by atoms with van der Waals surface area (Å²) in [5, 5.41) is 7.38. The lowest BCUT2D eigenvalue weighted by Crippen LogP contribution is -2.18. The first-order chi connectivity index (χ1) is 11.2. The molecule has 2 aromatic rings. The number of thiophene rings is 1. The van der Waals surface area contributed by atoms with Crippen LogP contribution in [-0.2, 0) is 0 Å². The number of nitrogens with two attached hydrogens (primary N) is 1. The lowest BCUT2D eigenvalue weighted by Gasteiger charge is -2.24. The summed E-state index contributed by atoms with van der Waals surface area (Å²) < 4.78 is 0. The molecule has 0 spiro atoms. The van der Waals surface area contributed by atoms with Crippen molar-refractivity contribution in [3.8, 4) is 0 Å². The molecule has 1 aliphatic heterocycles. The van der Waals surface area contributed by atoms with Gasteiger partial charge in [-0.2, -0.15) is 5.10 Å². The first-order valence-electron chi connectivity index (χ1n) is 6.85. The van der Waals surface area contributed by atoms with Crippen LogP contribution in [0.5, 0.6) is 0 Å². The molecular weight excluding hydrogens is 308 g/mol. The highest BCUT2D eigenvalue weighted by Gasteiger charge is 2.19. The maximum Gasteiger partial charge on any atom is 0.199 e. The Kier molecular flexibility index (Phi) is 4.16. The zero-order valence-electron chi connectivity index (χ0n) is 12.2. The largest absolute Gasteiger partial charge is 0.399 e. The molecule has 1 aromatic carbocycles. The summed E-state index contributed by atoms with van der Waals surface area (Å²) in [6, 6.07) is 11.0. The molecule has 2 heterocycles. The molecule has 1 aliphatic rings. The normalized spacial score (nSPS) is 15.6. The van der Waals surface area contributed by atoms with Crippen molar-refractivity contribution in [1.82, 2.24) is 5.01 Å². The predicted molar refractivity (Wildman–Crippen MR) is 95.4 cm³/mol. The molecule has 0 fully saturated rings. The third-order valence-corrected chi connectivity index (χ3v) is 4.12. The molecule has 0 bridgehead atoms. The van der Waals surface area contributed by atoms with E-state index in [1.807, 2.05) is 35.7 Å². The number of anilines is 1. The number of allylic oxidation sites excluding steroid dienone is 2. The monoisotopic (exact) mass is 322 g/mol. The number of benzene rings is 1. The van der Waals surface area contributed by atoms with E-state index in [1.54, 1.807) is 18.4 Å². The van der Waals surface area contributed by atoms with E-state index in [2.05, 4.69) is 16.8 Å². The predicted octanol–water partition coefficient (Wildman–Crippen LogP) is 3.40. The number of carbonyl (C=O) groups excluding carboxylic acids is 1. The summed E-state index contributed by atoms with van der Waals surface area (Å²) in [6.07, 6.45) is 4.89. The highest BCUT2D eigenvalue weighted by Crippen LogP contribution is 2.28. The van der Waals surface area contributed by atoms with Crippen LogP contribution in [0.4, 0.5) is 5.69 Å². The molecule has 0 saturated carbocycles. The molecule has 0 radical (unpaired) electrons. The first kappa shape index (κ1) is 14.9. The molecule has 3 rings (SSSR count). The van der Waals surface area contributed by atoms with Gasteiger partial charge in [0.25, 0.3) is 0 Å². The number of nitrogen functional groups attached to an aromatic ring is 1. The van der Waals surface area contributed by atoms with Gasteiger partial charge in [-0.25, -0.2) is 10.0 Å². The second kappa shape index (κ2) is 6.41. The summed E-state index contributed by atoms with van der Waals surface area (Å²) in [6.45, 7) is 3.58. The van der Waals surface area contributed by atoms with E-state index in [0.717, 1.165) is 11.3 Å². The smallest absolute Gasteiger partial charge is 0.199 e. The fraction of sp³-hybridized carbons (Fsp3) is 0. The van der Waals surface area contributed by atoms with Crippen molar-refractivity contribution >= 4 is 41.4 Å². The number of aliphatic imine (C=N–C) groups is 1. The molecule has 0 atom stereocenters. The van der Waals surface area contributed by atoms with Crippen LogP contribution in [0, 0.1) is 0 Å². The van der Waals surface area contributed by atoms with Crippen molar-refractivity contribution in [2.45, 2.75) is 0 Å². The van der Waals surface area contributed by atoms with Crippen LogP contribution in [0.15, 0.2) is 69.8 Å². The number of ketones is 1.